The van der Waals surface area contributed by atoms with E-state index in [1.165, 1.54) is 0 Å². The van der Waals surface area contributed by atoms with E-state index in [4.69, 9.17) is 0 Å². The maximum Gasteiger partial charge on any atom is 0.224 e. The maximum atomic E-state index is 11.7. The van der Waals surface area contributed by atoms with Gasteiger partial charge in [0.15, 0.2) is 0 Å². The molecule has 1 rings (SSSR count). The molecule has 0 aromatic heterocycles. The highest BCUT2D eigenvalue weighted by Gasteiger charge is 2.05. The normalized spacial score (nSPS) is 12.2. The molecule has 1 atom stereocenters. The highest BCUT2D eigenvalue weighted by atomic mass is 79.9. The average molecular weight is 363 g/mol. The molecule has 1 amide bonds. The highest BCUT2D eigenvalue weighted by Crippen LogP contribution is 2.12. The molecule has 17 heavy (non-hydrogen) atoms. The first-order valence-corrected chi connectivity index (χ1v) is 7.48. The van der Waals surface area contributed by atoms with Gasteiger partial charge in [-0.15, -0.1) is 0 Å². The fourth-order valence-electron chi connectivity index (χ4n) is 1.47. The molecule has 2 nitrogen and oxygen atoms in total. The minimum Gasteiger partial charge on any atom is -0.356 e. The van der Waals surface area contributed by atoms with E-state index in [1.807, 2.05) is 24.3 Å². The lowest BCUT2D eigenvalue weighted by Crippen LogP contribution is -2.27. The van der Waals surface area contributed by atoms with Gasteiger partial charge in [-0.25, -0.2) is 0 Å². The molecule has 1 aromatic carbocycles. The fourth-order valence-corrected chi connectivity index (χ4v) is 2.14. The predicted octanol–water partition coefficient (Wildman–Crippen LogP) is 3.67. The maximum absolute atomic E-state index is 11.7. The van der Waals surface area contributed by atoms with E-state index >= 15 is 0 Å². The monoisotopic (exact) mass is 361 g/mol. The van der Waals surface area contributed by atoms with Crippen LogP contribution in [0.3, 0.4) is 0 Å². The minimum absolute atomic E-state index is 0.0823. The number of nitrogens with one attached hydrogen (secondary N) is 1. The molecule has 1 aromatic rings. The topological polar surface area (TPSA) is 29.1 Å². The molecule has 0 aliphatic rings. The minimum atomic E-state index is 0.0823. The van der Waals surface area contributed by atoms with Gasteiger partial charge in [0, 0.05) is 15.8 Å². The molecule has 4 heteroatoms. The second-order valence-electron chi connectivity index (χ2n) is 3.95. The highest BCUT2D eigenvalue weighted by molar-refractivity contribution is 9.10. The van der Waals surface area contributed by atoms with E-state index in [0.717, 1.165) is 29.4 Å². The van der Waals surface area contributed by atoms with Gasteiger partial charge in [0.05, 0.1) is 6.42 Å². The van der Waals surface area contributed by atoms with Crippen LogP contribution in [-0.4, -0.2) is 17.3 Å². The van der Waals surface area contributed by atoms with Crippen molar-refractivity contribution in [3.05, 3.63) is 34.3 Å². The number of alkyl halides is 1. The van der Waals surface area contributed by atoms with E-state index in [9.17, 15) is 4.79 Å². The van der Waals surface area contributed by atoms with Gasteiger partial charge < -0.3 is 5.32 Å². The van der Waals surface area contributed by atoms with E-state index in [2.05, 4.69) is 44.1 Å². The van der Waals surface area contributed by atoms with E-state index in [0.29, 0.717) is 11.2 Å². The molecule has 0 fully saturated rings. The Hall–Kier alpha value is -0.350. The second kappa shape index (κ2) is 7.88. The Morgan fingerprint density at radius 3 is 2.88 bits per heavy atom. The molecule has 94 valence electrons. The van der Waals surface area contributed by atoms with Gasteiger partial charge in [-0.1, -0.05) is 50.9 Å². The first-order valence-electron chi connectivity index (χ1n) is 5.77. The summed E-state index contributed by atoms with van der Waals surface area (Å²) in [5.41, 5.74) is 1.03. The third-order valence-electron chi connectivity index (χ3n) is 2.48. The lowest BCUT2D eigenvalue weighted by Gasteiger charge is -2.08. The van der Waals surface area contributed by atoms with Crippen LogP contribution in [0.5, 0.6) is 0 Å². The van der Waals surface area contributed by atoms with Crippen molar-refractivity contribution in [1.82, 2.24) is 5.32 Å². The first-order chi connectivity index (χ1) is 8.11. The largest absolute Gasteiger partial charge is 0.356 e. The molecular formula is C13H17Br2NO. The van der Waals surface area contributed by atoms with Gasteiger partial charge in [0.1, 0.15) is 0 Å². The van der Waals surface area contributed by atoms with Gasteiger partial charge in [0.2, 0.25) is 5.91 Å². The summed E-state index contributed by atoms with van der Waals surface area (Å²) < 4.78 is 1.01. The van der Waals surface area contributed by atoms with Crippen molar-refractivity contribution in [2.24, 2.45) is 0 Å². The predicted molar refractivity (Wildman–Crippen MR) is 78.5 cm³/mol. The van der Waals surface area contributed by atoms with Crippen LogP contribution in [0.1, 0.15) is 25.3 Å². The first kappa shape index (κ1) is 14.7. The smallest absolute Gasteiger partial charge is 0.224 e. The molecule has 0 aliphatic heterocycles. The summed E-state index contributed by atoms with van der Waals surface area (Å²) in [6, 6.07) is 7.83. The van der Waals surface area contributed by atoms with E-state index in [-0.39, 0.29) is 5.91 Å². The number of benzene rings is 1. The average Bonchev–Trinajstić information content (AvgIpc) is 2.28. The van der Waals surface area contributed by atoms with Gasteiger partial charge >= 0.3 is 0 Å². The number of hydrogen-bond acceptors (Lipinski definition) is 1. The lowest BCUT2D eigenvalue weighted by atomic mass is 10.1. The quantitative estimate of drug-likeness (QED) is 0.768. The number of amides is 1. The van der Waals surface area contributed by atoms with Crippen LogP contribution in [-0.2, 0) is 11.2 Å². The molecule has 0 radical (unpaired) electrons. The summed E-state index contributed by atoms with van der Waals surface area (Å²) in [6.45, 7) is 2.86. The third-order valence-corrected chi connectivity index (χ3v) is 4.07. The Labute approximate surface area is 119 Å². The Bertz CT molecular complexity index is 368. The van der Waals surface area contributed by atoms with Gasteiger partial charge in [-0.2, -0.15) is 0 Å². The van der Waals surface area contributed by atoms with Crippen molar-refractivity contribution in [1.29, 1.82) is 0 Å². The molecule has 0 bridgehead atoms. The van der Waals surface area contributed by atoms with Crippen LogP contribution in [0, 0.1) is 0 Å². The van der Waals surface area contributed by atoms with Gasteiger partial charge in [-0.3, -0.25) is 4.79 Å². The second-order valence-corrected chi connectivity index (χ2v) is 6.16. The van der Waals surface area contributed by atoms with Crippen molar-refractivity contribution >= 4 is 37.8 Å². The van der Waals surface area contributed by atoms with Gasteiger partial charge in [0.25, 0.3) is 0 Å². The fraction of sp³-hybridized carbons (Fsp3) is 0.462. The SMILES string of the molecule is CCC(Br)CCNC(=O)Cc1cccc(Br)c1. The molecule has 0 aliphatic carbocycles. The van der Waals surface area contributed by atoms with Crippen LogP contribution >= 0.6 is 31.9 Å². The molecule has 0 saturated heterocycles. The van der Waals surface area contributed by atoms with E-state index < -0.39 is 0 Å². The van der Waals surface area contributed by atoms with Crippen LogP contribution in [0.15, 0.2) is 28.7 Å². The zero-order valence-electron chi connectivity index (χ0n) is 9.88. The van der Waals surface area contributed by atoms with E-state index in [1.54, 1.807) is 0 Å². The van der Waals surface area contributed by atoms with Crippen LogP contribution in [0.25, 0.3) is 0 Å². The standard InChI is InChI=1S/C13H17Br2NO/c1-2-11(14)6-7-16-13(17)9-10-4-3-5-12(15)8-10/h3-5,8,11H,2,6-7,9H2,1H3,(H,16,17). The molecule has 0 spiro atoms. The number of hydrogen-bond donors (Lipinski definition) is 1. The Morgan fingerprint density at radius 1 is 1.47 bits per heavy atom. The number of carbonyl (C=O) groups excluding carboxylic acids is 1. The Kier molecular flexibility index (Phi) is 6.82. The van der Waals surface area contributed by atoms with Crippen molar-refractivity contribution in [3.63, 3.8) is 0 Å². The Balaban J connectivity index is 2.30. The molecule has 0 heterocycles. The van der Waals surface area contributed by atoms with Crippen molar-refractivity contribution in [3.8, 4) is 0 Å². The van der Waals surface area contributed by atoms with Crippen molar-refractivity contribution in [2.75, 3.05) is 6.54 Å². The summed E-state index contributed by atoms with van der Waals surface area (Å²) in [5, 5.41) is 2.93. The molecule has 0 saturated carbocycles. The number of rotatable bonds is 6. The Morgan fingerprint density at radius 2 is 2.24 bits per heavy atom. The summed E-state index contributed by atoms with van der Waals surface area (Å²) in [4.78, 5) is 12.1. The molecule has 1 N–H and O–H groups in total. The molecule has 1 unspecified atom stereocenters. The number of halogens is 2. The summed E-state index contributed by atoms with van der Waals surface area (Å²) in [7, 11) is 0. The zero-order valence-corrected chi connectivity index (χ0v) is 13.1. The van der Waals surface area contributed by atoms with Crippen LogP contribution in [0.2, 0.25) is 0 Å². The number of carbonyl (C=O) groups is 1. The van der Waals surface area contributed by atoms with Gasteiger partial charge in [-0.05, 0) is 30.5 Å². The third kappa shape index (κ3) is 6.22. The summed E-state index contributed by atoms with van der Waals surface area (Å²) in [6.07, 6.45) is 2.50. The summed E-state index contributed by atoms with van der Waals surface area (Å²) in [5.74, 6) is 0.0823. The van der Waals surface area contributed by atoms with Crippen molar-refractivity contribution in [2.45, 2.75) is 31.0 Å². The zero-order chi connectivity index (χ0) is 12.7. The summed E-state index contributed by atoms with van der Waals surface area (Å²) >= 11 is 6.94. The van der Waals surface area contributed by atoms with Crippen molar-refractivity contribution < 1.29 is 4.79 Å². The van der Waals surface area contributed by atoms with Crippen LogP contribution in [0.4, 0.5) is 0 Å². The molecular weight excluding hydrogens is 346 g/mol. The van der Waals surface area contributed by atoms with Crippen LogP contribution < -0.4 is 5.32 Å². The lowest BCUT2D eigenvalue weighted by molar-refractivity contribution is -0.120.